The Balaban J connectivity index is 1.41. The number of piperazine rings is 1. The normalized spacial score (nSPS) is 18.0. The van der Waals surface area contributed by atoms with E-state index in [1.807, 2.05) is 13.8 Å². The number of anilines is 1. The van der Waals surface area contributed by atoms with Crippen LogP contribution in [0.3, 0.4) is 0 Å². The number of amides is 2. The summed E-state index contributed by atoms with van der Waals surface area (Å²) in [6.07, 6.45) is -0.387. The van der Waals surface area contributed by atoms with Crippen molar-refractivity contribution in [3.63, 3.8) is 0 Å². The molecule has 8 nitrogen and oxygen atoms in total. The third-order valence-electron chi connectivity index (χ3n) is 5.33. The molecule has 10 heteroatoms. The second-order valence-corrected chi connectivity index (χ2v) is 10.7. The Morgan fingerprint density at radius 3 is 2.23 bits per heavy atom. The van der Waals surface area contributed by atoms with Crippen molar-refractivity contribution < 1.29 is 22.7 Å². The number of carbonyl (C=O) groups is 2. The van der Waals surface area contributed by atoms with Gasteiger partial charge in [-0.25, -0.2) is 13.2 Å². The fraction of sp³-hybridized carbons (Fsp3) is 0.400. The molecule has 0 bridgehead atoms. The Kier molecular flexibility index (Phi) is 5.56. The third-order valence-corrected chi connectivity index (χ3v) is 8.45. The minimum absolute atomic E-state index is 0.148. The van der Waals surface area contributed by atoms with Crippen LogP contribution in [0.15, 0.2) is 35.2 Å². The zero-order valence-electron chi connectivity index (χ0n) is 16.8. The monoisotopic (exact) mass is 449 g/mol. The minimum atomic E-state index is -3.55. The lowest BCUT2D eigenvalue weighted by molar-refractivity contribution is 0.0698. The summed E-state index contributed by atoms with van der Waals surface area (Å²) in [7, 11) is -3.55. The quantitative estimate of drug-likeness (QED) is 0.716. The van der Waals surface area contributed by atoms with Gasteiger partial charge in [0.15, 0.2) is 0 Å². The average molecular weight is 450 g/mol. The SMILES string of the molecule is Cc1cc(S(=O)(=O)N2CCN(C(=O)c3ccc(N4CCOC4=O)cc3)CC2)c(C)s1. The van der Waals surface area contributed by atoms with Gasteiger partial charge in [0.1, 0.15) is 6.61 Å². The van der Waals surface area contributed by atoms with Gasteiger partial charge in [-0.2, -0.15) is 4.31 Å². The number of cyclic esters (lactones) is 1. The zero-order chi connectivity index (χ0) is 21.5. The summed E-state index contributed by atoms with van der Waals surface area (Å²) in [5.74, 6) is -0.148. The maximum atomic E-state index is 12.9. The van der Waals surface area contributed by atoms with Crippen LogP contribution in [0, 0.1) is 13.8 Å². The Bertz CT molecular complexity index is 1070. The minimum Gasteiger partial charge on any atom is -0.447 e. The van der Waals surface area contributed by atoms with Gasteiger partial charge < -0.3 is 9.64 Å². The Morgan fingerprint density at radius 1 is 1.03 bits per heavy atom. The molecule has 2 saturated heterocycles. The lowest BCUT2D eigenvalue weighted by atomic mass is 10.1. The molecule has 4 rings (SSSR count). The summed E-state index contributed by atoms with van der Waals surface area (Å²) in [5, 5.41) is 0. The molecular weight excluding hydrogens is 426 g/mol. The van der Waals surface area contributed by atoms with Crippen LogP contribution in [0.25, 0.3) is 0 Å². The first kappa shape index (κ1) is 20.8. The van der Waals surface area contributed by atoms with E-state index < -0.39 is 10.0 Å². The molecule has 0 aliphatic carbocycles. The summed E-state index contributed by atoms with van der Waals surface area (Å²) in [4.78, 5) is 29.8. The first-order valence-corrected chi connectivity index (χ1v) is 11.9. The van der Waals surface area contributed by atoms with Gasteiger partial charge in [-0.05, 0) is 44.2 Å². The molecule has 2 aliphatic heterocycles. The second-order valence-electron chi connectivity index (χ2n) is 7.29. The van der Waals surface area contributed by atoms with Crippen molar-refractivity contribution in [2.45, 2.75) is 18.7 Å². The topological polar surface area (TPSA) is 87.2 Å². The van der Waals surface area contributed by atoms with Crippen LogP contribution in [0.2, 0.25) is 0 Å². The number of thiophene rings is 1. The molecular formula is C20H23N3O5S2. The van der Waals surface area contributed by atoms with Crippen molar-refractivity contribution >= 4 is 39.0 Å². The lowest BCUT2D eigenvalue weighted by Crippen LogP contribution is -2.50. The number of sulfonamides is 1. The fourth-order valence-electron chi connectivity index (χ4n) is 3.73. The summed E-state index contributed by atoms with van der Waals surface area (Å²) < 4.78 is 32.3. The molecule has 0 spiro atoms. The Labute approximate surface area is 179 Å². The van der Waals surface area contributed by atoms with Gasteiger partial charge >= 0.3 is 6.09 Å². The summed E-state index contributed by atoms with van der Waals surface area (Å²) in [6, 6.07) is 8.53. The highest BCUT2D eigenvalue weighted by Crippen LogP contribution is 2.28. The maximum absolute atomic E-state index is 12.9. The average Bonchev–Trinajstić information content (AvgIpc) is 3.32. The van der Waals surface area contributed by atoms with Gasteiger partial charge in [-0.3, -0.25) is 9.69 Å². The molecule has 0 saturated carbocycles. The van der Waals surface area contributed by atoms with E-state index in [-0.39, 0.29) is 25.1 Å². The van der Waals surface area contributed by atoms with Gasteiger partial charge in [0, 0.05) is 47.2 Å². The molecule has 2 aliphatic rings. The molecule has 2 fully saturated rings. The van der Waals surface area contributed by atoms with Crippen molar-refractivity contribution in [3.8, 4) is 0 Å². The number of rotatable bonds is 4. The van der Waals surface area contributed by atoms with Crippen molar-refractivity contribution in [2.75, 3.05) is 44.2 Å². The smallest absolute Gasteiger partial charge is 0.414 e. The van der Waals surface area contributed by atoms with E-state index in [1.165, 1.54) is 20.5 Å². The molecule has 160 valence electrons. The molecule has 2 aromatic rings. The molecule has 1 aromatic heterocycles. The number of carbonyl (C=O) groups excluding carboxylic acids is 2. The summed E-state index contributed by atoms with van der Waals surface area (Å²) in [6.45, 7) is 5.75. The third kappa shape index (κ3) is 3.82. The van der Waals surface area contributed by atoms with E-state index in [0.29, 0.717) is 42.4 Å². The van der Waals surface area contributed by atoms with Crippen molar-refractivity contribution in [2.24, 2.45) is 0 Å². The van der Waals surface area contributed by atoms with Crippen LogP contribution in [0.4, 0.5) is 10.5 Å². The standard InChI is InChI=1S/C20H23N3O5S2/c1-14-13-18(15(2)29-14)30(26,27)22-9-7-21(8-10-22)19(24)16-3-5-17(6-4-16)23-11-12-28-20(23)25/h3-6,13H,7-12H2,1-2H3. The number of benzene rings is 1. The highest BCUT2D eigenvalue weighted by atomic mass is 32.2. The molecule has 1 aromatic carbocycles. The first-order valence-electron chi connectivity index (χ1n) is 9.68. The number of ether oxygens (including phenoxy) is 1. The molecule has 0 unspecified atom stereocenters. The largest absolute Gasteiger partial charge is 0.447 e. The van der Waals surface area contributed by atoms with E-state index in [0.717, 1.165) is 9.75 Å². The van der Waals surface area contributed by atoms with Crippen LogP contribution in [0.1, 0.15) is 20.1 Å². The molecule has 0 radical (unpaired) electrons. The van der Waals surface area contributed by atoms with Gasteiger partial charge in [0.2, 0.25) is 10.0 Å². The molecule has 0 N–H and O–H groups in total. The molecule has 2 amide bonds. The summed E-state index contributed by atoms with van der Waals surface area (Å²) >= 11 is 1.47. The number of nitrogens with zero attached hydrogens (tertiary/aromatic N) is 3. The van der Waals surface area contributed by atoms with Crippen LogP contribution in [-0.2, 0) is 14.8 Å². The van der Waals surface area contributed by atoms with Gasteiger partial charge in [0.25, 0.3) is 5.91 Å². The molecule has 3 heterocycles. The number of aryl methyl sites for hydroxylation is 2. The summed E-state index contributed by atoms with van der Waals surface area (Å²) in [5.41, 5.74) is 1.19. The van der Waals surface area contributed by atoms with Crippen LogP contribution >= 0.6 is 11.3 Å². The lowest BCUT2D eigenvalue weighted by Gasteiger charge is -2.34. The van der Waals surface area contributed by atoms with Crippen molar-refractivity contribution in [1.29, 1.82) is 0 Å². The van der Waals surface area contributed by atoms with E-state index in [2.05, 4.69) is 0 Å². The van der Waals surface area contributed by atoms with E-state index >= 15 is 0 Å². The Morgan fingerprint density at radius 2 is 1.70 bits per heavy atom. The number of hydrogen-bond donors (Lipinski definition) is 0. The zero-order valence-corrected chi connectivity index (χ0v) is 18.5. The number of hydrogen-bond acceptors (Lipinski definition) is 6. The van der Waals surface area contributed by atoms with Gasteiger partial charge in [-0.1, -0.05) is 0 Å². The van der Waals surface area contributed by atoms with Crippen LogP contribution in [-0.4, -0.2) is 69.0 Å². The predicted molar refractivity (Wildman–Crippen MR) is 114 cm³/mol. The van der Waals surface area contributed by atoms with Crippen molar-refractivity contribution in [1.82, 2.24) is 9.21 Å². The highest BCUT2D eigenvalue weighted by molar-refractivity contribution is 7.89. The maximum Gasteiger partial charge on any atom is 0.414 e. The van der Waals surface area contributed by atoms with Crippen LogP contribution in [0.5, 0.6) is 0 Å². The van der Waals surface area contributed by atoms with Gasteiger partial charge in [-0.15, -0.1) is 11.3 Å². The Hall–Kier alpha value is -2.43. The van der Waals surface area contributed by atoms with E-state index in [9.17, 15) is 18.0 Å². The first-order chi connectivity index (χ1) is 14.3. The van der Waals surface area contributed by atoms with Gasteiger partial charge in [0.05, 0.1) is 11.4 Å². The van der Waals surface area contributed by atoms with Crippen LogP contribution < -0.4 is 4.90 Å². The van der Waals surface area contributed by atoms with E-state index in [4.69, 9.17) is 4.74 Å². The fourth-order valence-corrected chi connectivity index (χ4v) is 6.67. The molecule has 0 atom stereocenters. The highest BCUT2D eigenvalue weighted by Gasteiger charge is 2.32. The van der Waals surface area contributed by atoms with Crippen molar-refractivity contribution in [3.05, 3.63) is 45.6 Å². The predicted octanol–water partition coefficient (Wildman–Crippen LogP) is 2.47. The second kappa shape index (κ2) is 8.01. The molecule has 30 heavy (non-hydrogen) atoms. The van der Waals surface area contributed by atoms with E-state index in [1.54, 1.807) is 35.2 Å².